The molecule has 0 aliphatic heterocycles. The molecule has 0 N–H and O–H groups in total. The molecule has 0 saturated carbocycles. The Labute approximate surface area is 187 Å². The van der Waals surface area contributed by atoms with Gasteiger partial charge in [-0.15, -0.1) is 0 Å². The summed E-state index contributed by atoms with van der Waals surface area (Å²) in [5, 5.41) is 9.23. The van der Waals surface area contributed by atoms with Gasteiger partial charge in [0.1, 0.15) is 5.82 Å². The zero-order valence-electron chi connectivity index (χ0n) is 17.7. The van der Waals surface area contributed by atoms with E-state index in [1.165, 1.54) is 5.56 Å². The quantitative estimate of drug-likeness (QED) is 0.318. The number of benzene rings is 4. The normalized spacial score (nSPS) is 10.6. The number of imidazole rings is 1. The lowest BCUT2D eigenvalue weighted by atomic mass is 10.0. The second kappa shape index (κ2) is 8.37. The number of nitriles is 1. The van der Waals surface area contributed by atoms with Gasteiger partial charge in [0.2, 0.25) is 0 Å². The number of aryl methyl sites for hydroxylation is 1. The van der Waals surface area contributed by atoms with Crippen LogP contribution in [0.5, 0.6) is 0 Å². The lowest BCUT2D eigenvalue weighted by molar-refractivity contribution is 1.07. The average molecular weight is 412 g/mol. The van der Waals surface area contributed by atoms with E-state index >= 15 is 0 Å². The Morgan fingerprint density at radius 3 is 1.84 bits per heavy atom. The minimum absolute atomic E-state index is 0.633. The van der Waals surface area contributed by atoms with Crippen LogP contribution in [0.25, 0.3) is 39.6 Å². The first-order valence-corrected chi connectivity index (χ1v) is 10.6. The Kier molecular flexibility index (Phi) is 5.11. The zero-order valence-corrected chi connectivity index (χ0v) is 17.7. The third-order valence-electron chi connectivity index (χ3n) is 5.54. The summed E-state index contributed by atoms with van der Waals surface area (Å²) in [7, 11) is 0. The Balaban J connectivity index is 1.86. The second-order valence-electron chi connectivity index (χ2n) is 7.72. The number of nitrogens with zero attached hydrogens (tertiary/aromatic N) is 3. The minimum atomic E-state index is 0.633. The summed E-state index contributed by atoms with van der Waals surface area (Å²) in [6, 6.07) is 39.0. The minimum Gasteiger partial charge on any atom is -0.292 e. The highest BCUT2D eigenvalue weighted by molar-refractivity contribution is 5.84. The first kappa shape index (κ1) is 19.5. The highest BCUT2D eigenvalue weighted by Crippen LogP contribution is 2.38. The van der Waals surface area contributed by atoms with E-state index < -0.39 is 0 Å². The highest BCUT2D eigenvalue weighted by atomic mass is 15.1. The van der Waals surface area contributed by atoms with E-state index in [4.69, 9.17) is 4.98 Å². The molecule has 0 unspecified atom stereocenters. The van der Waals surface area contributed by atoms with Crippen molar-refractivity contribution in [3.8, 4) is 45.7 Å². The molecule has 1 heterocycles. The van der Waals surface area contributed by atoms with Crippen molar-refractivity contribution in [2.24, 2.45) is 0 Å². The van der Waals surface area contributed by atoms with Gasteiger partial charge in [0.15, 0.2) is 0 Å². The molecule has 32 heavy (non-hydrogen) atoms. The second-order valence-corrected chi connectivity index (χ2v) is 7.72. The molecule has 0 atom stereocenters. The van der Waals surface area contributed by atoms with E-state index in [1.54, 1.807) is 0 Å². The molecular weight excluding hydrogens is 390 g/mol. The van der Waals surface area contributed by atoms with Gasteiger partial charge >= 0.3 is 0 Å². The Hall–Kier alpha value is -4.42. The summed E-state index contributed by atoms with van der Waals surface area (Å²) in [6.45, 7) is 2.09. The standard InChI is InChI=1S/C29H21N3/c1-21-12-18-26(19-13-21)32-28(24-10-6-3-7-11-24)27(23-8-4-2-5-9-23)31-29(32)25-16-14-22(20-30)15-17-25/h2-19H,1H3. The maximum Gasteiger partial charge on any atom is 0.145 e. The smallest absolute Gasteiger partial charge is 0.145 e. The summed E-state index contributed by atoms with van der Waals surface area (Å²) in [6.07, 6.45) is 0. The van der Waals surface area contributed by atoms with Crippen LogP contribution in [0.15, 0.2) is 109 Å². The molecule has 0 saturated heterocycles. The molecule has 0 fully saturated rings. The van der Waals surface area contributed by atoms with Crippen molar-refractivity contribution in [2.75, 3.05) is 0 Å². The summed E-state index contributed by atoms with van der Waals surface area (Å²) in [4.78, 5) is 5.16. The van der Waals surface area contributed by atoms with Gasteiger partial charge in [-0.3, -0.25) is 4.57 Å². The van der Waals surface area contributed by atoms with Gasteiger partial charge in [-0.25, -0.2) is 4.98 Å². The van der Waals surface area contributed by atoms with Crippen molar-refractivity contribution in [3.05, 3.63) is 120 Å². The molecule has 1 aromatic heterocycles. The van der Waals surface area contributed by atoms with Crippen LogP contribution in [0.4, 0.5) is 0 Å². The number of hydrogen-bond acceptors (Lipinski definition) is 2. The maximum atomic E-state index is 9.23. The Morgan fingerprint density at radius 2 is 1.25 bits per heavy atom. The summed E-state index contributed by atoms with van der Waals surface area (Å²) in [5.41, 5.74) is 7.97. The van der Waals surface area contributed by atoms with E-state index in [9.17, 15) is 5.26 Å². The van der Waals surface area contributed by atoms with Crippen molar-refractivity contribution in [3.63, 3.8) is 0 Å². The summed E-state index contributed by atoms with van der Waals surface area (Å²) in [5.74, 6) is 0.844. The number of rotatable bonds is 4. The maximum absolute atomic E-state index is 9.23. The molecule has 0 aliphatic rings. The lowest BCUT2D eigenvalue weighted by Crippen LogP contribution is -2.00. The molecule has 5 aromatic rings. The summed E-state index contributed by atoms with van der Waals surface area (Å²) < 4.78 is 2.22. The first-order valence-electron chi connectivity index (χ1n) is 10.6. The van der Waals surface area contributed by atoms with Gasteiger partial charge in [-0.05, 0) is 43.3 Å². The molecule has 3 nitrogen and oxygen atoms in total. The van der Waals surface area contributed by atoms with E-state index in [-0.39, 0.29) is 0 Å². The van der Waals surface area contributed by atoms with E-state index in [1.807, 2.05) is 48.5 Å². The van der Waals surface area contributed by atoms with Crippen LogP contribution < -0.4 is 0 Å². The molecule has 0 bridgehead atoms. The van der Waals surface area contributed by atoms with Crippen molar-refractivity contribution in [1.82, 2.24) is 9.55 Å². The van der Waals surface area contributed by atoms with Crippen LogP contribution in [0.1, 0.15) is 11.1 Å². The molecular formula is C29H21N3. The van der Waals surface area contributed by atoms with Crippen LogP contribution in [-0.4, -0.2) is 9.55 Å². The molecule has 5 rings (SSSR count). The van der Waals surface area contributed by atoms with Crippen LogP contribution in [0.3, 0.4) is 0 Å². The van der Waals surface area contributed by atoms with Gasteiger partial charge in [0.25, 0.3) is 0 Å². The Morgan fingerprint density at radius 1 is 0.656 bits per heavy atom. The van der Waals surface area contributed by atoms with Gasteiger partial charge in [0, 0.05) is 22.4 Å². The fourth-order valence-corrected chi connectivity index (χ4v) is 3.91. The zero-order chi connectivity index (χ0) is 21.9. The topological polar surface area (TPSA) is 41.6 Å². The van der Waals surface area contributed by atoms with Gasteiger partial charge in [-0.1, -0.05) is 78.4 Å². The van der Waals surface area contributed by atoms with Crippen LogP contribution in [0, 0.1) is 18.3 Å². The molecule has 152 valence electrons. The SMILES string of the molecule is Cc1ccc(-n2c(-c3ccc(C#N)cc3)nc(-c3ccccc3)c2-c2ccccc2)cc1. The first-order chi connectivity index (χ1) is 15.7. The average Bonchev–Trinajstić information content (AvgIpc) is 3.26. The molecule has 0 radical (unpaired) electrons. The monoisotopic (exact) mass is 411 g/mol. The number of hydrogen-bond donors (Lipinski definition) is 0. The molecule has 0 aliphatic carbocycles. The van der Waals surface area contributed by atoms with E-state index in [0.29, 0.717) is 5.56 Å². The van der Waals surface area contributed by atoms with E-state index in [0.717, 1.165) is 39.6 Å². The molecule has 0 amide bonds. The van der Waals surface area contributed by atoms with Crippen molar-refractivity contribution < 1.29 is 0 Å². The highest BCUT2D eigenvalue weighted by Gasteiger charge is 2.22. The van der Waals surface area contributed by atoms with Gasteiger partial charge < -0.3 is 0 Å². The van der Waals surface area contributed by atoms with Crippen molar-refractivity contribution >= 4 is 0 Å². The predicted molar refractivity (Wildman–Crippen MR) is 129 cm³/mol. The molecule has 0 spiro atoms. The van der Waals surface area contributed by atoms with Crippen molar-refractivity contribution in [1.29, 1.82) is 5.26 Å². The van der Waals surface area contributed by atoms with Gasteiger partial charge in [-0.2, -0.15) is 5.26 Å². The van der Waals surface area contributed by atoms with Gasteiger partial charge in [0.05, 0.1) is 23.0 Å². The van der Waals surface area contributed by atoms with E-state index in [2.05, 4.69) is 78.2 Å². The van der Waals surface area contributed by atoms with Crippen LogP contribution in [0.2, 0.25) is 0 Å². The third kappa shape index (κ3) is 3.59. The fourth-order valence-electron chi connectivity index (χ4n) is 3.91. The van der Waals surface area contributed by atoms with Crippen LogP contribution in [-0.2, 0) is 0 Å². The predicted octanol–water partition coefficient (Wildman–Crippen LogP) is 7.05. The molecule has 3 heteroatoms. The third-order valence-corrected chi connectivity index (χ3v) is 5.54. The lowest BCUT2D eigenvalue weighted by Gasteiger charge is -2.14. The number of aromatic nitrogens is 2. The molecule has 4 aromatic carbocycles. The fraction of sp³-hybridized carbons (Fsp3) is 0.0345. The van der Waals surface area contributed by atoms with Crippen LogP contribution >= 0.6 is 0 Å². The summed E-state index contributed by atoms with van der Waals surface area (Å²) >= 11 is 0. The Bertz CT molecular complexity index is 1390. The largest absolute Gasteiger partial charge is 0.292 e. The van der Waals surface area contributed by atoms with Crippen molar-refractivity contribution in [2.45, 2.75) is 6.92 Å².